The normalized spacial score (nSPS) is 12.7. The van der Waals surface area contributed by atoms with E-state index in [-0.39, 0.29) is 18.5 Å². The van der Waals surface area contributed by atoms with Gasteiger partial charge in [0.15, 0.2) is 0 Å². The van der Waals surface area contributed by atoms with Gasteiger partial charge in [0.1, 0.15) is 24.8 Å². The number of benzene rings is 4. The smallest absolute Gasteiger partial charge is 0.410 e. The van der Waals surface area contributed by atoms with Crippen molar-refractivity contribution in [3.05, 3.63) is 125 Å². The second-order valence-corrected chi connectivity index (χ2v) is 8.57. The lowest BCUT2D eigenvalue weighted by Crippen LogP contribution is -2.36. The third-order valence-electron chi connectivity index (χ3n) is 6.21. The summed E-state index contributed by atoms with van der Waals surface area (Å²) in [5.41, 5.74) is 5.66. The number of hydrogen-bond donors (Lipinski definition) is 0. The van der Waals surface area contributed by atoms with Crippen LogP contribution in [-0.4, -0.2) is 17.5 Å². The Labute approximate surface area is 204 Å². The minimum absolute atomic E-state index is 0.228. The lowest BCUT2D eigenvalue weighted by Gasteiger charge is -2.30. The van der Waals surface area contributed by atoms with Gasteiger partial charge in [-0.1, -0.05) is 78.9 Å². The van der Waals surface area contributed by atoms with E-state index in [1.54, 1.807) is 11.0 Å². The molecule has 1 heterocycles. The van der Waals surface area contributed by atoms with Gasteiger partial charge in [-0.25, -0.2) is 9.18 Å². The Hall–Kier alpha value is -4.12. The summed E-state index contributed by atoms with van der Waals surface area (Å²) in [5, 5.41) is 0. The summed E-state index contributed by atoms with van der Waals surface area (Å²) in [6, 6.07) is 30.1. The van der Waals surface area contributed by atoms with Crippen LogP contribution >= 0.6 is 0 Å². The fourth-order valence-corrected chi connectivity index (χ4v) is 4.37. The van der Waals surface area contributed by atoms with E-state index in [1.807, 2.05) is 72.8 Å². The van der Waals surface area contributed by atoms with Gasteiger partial charge in [-0.2, -0.15) is 0 Å². The van der Waals surface area contributed by atoms with Gasteiger partial charge in [-0.3, -0.25) is 0 Å². The minimum Gasteiger partial charge on any atom is -0.488 e. The van der Waals surface area contributed by atoms with Crippen LogP contribution in [0.1, 0.15) is 22.3 Å². The van der Waals surface area contributed by atoms with E-state index in [0.717, 1.165) is 27.8 Å². The standard InChI is InChI=1S/C30H26FNO3/c31-25-14-15-29(34-20-22-8-3-1-4-9-22)27(18-25)26-13-7-12-24-16-17-32(19-28(24)26)30(33)35-21-23-10-5-2-6-11-23/h1-15,18H,16-17,19-21H2. The molecule has 0 atom stereocenters. The maximum atomic E-state index is 14.4. The van der Waals surface area contributed by atoms with Crippen molar-refractivity contribution in [1.29, 1.82) is 0 Å². The Morgan fingerprint density at radius 1 is 0.800 bits per heavy atom. The fraction of sp³-hybridized carbons (Fsp3) is 0.167. The van der Waals surface area contributed by atoms with E-state index in [1.165, 1.54) is 12.1 Å². The van der Waals surface area contributed by atoms with E-state index in [9.17, 15) is 9.18 Å². The number of nitrogens with zero attached hydrogens (tertiary/aromatic N) is 1. The minimum atomic E-state index is -0.353. The number of halogens is 1. The maximum Gasteiger partial charge on any atom is 0.410 e. The van der Waals surface area contributed by atoms with Crippen molar-refractivity contribution < 1.29 is 18.7 Å². The molecule has 4 aromatic carbocycles. The first-order valence-corrected chi connectivity index (χ1v) is 11.7. The van der Waals surface area contributed by atoms with Crippen molar-refractivity contribution in [2.75, 3.05) is 6.54 Å². The van der Waals surface area contributed by atoms with Gasteiger partial charge in [0.25, 0.3) is 0 Å². The molecular formula is C30H26FNO3. The van der Waals surface area contributed by atoms with Crippen molar-refractivity contribution >= 4 is 6.09 Å². The van der Waals surface area contributed by atoms with Crippen molar-refractivity contribution in [1.82, 2.24) is 4.90 Å². The molecule has 35 heavy (non-hydrogen) atoms. The third-order valence-corrected chi connectivity index (χ3v) is 6.21. The number of carbonyl (C=O) groups excluding carboxylic acids is 1. The Kier molecular flexibility index (Phi) is 6.75. The van der Waals surface area contributed by atoms with E-state index < -0.39 is 0 Å². The van der Waals surface area contributed by atoms with Crippen LogP contribution in [0, 0.1) is 5.82 Å². The summed E-state index contributed by atoms with van der Waals surface area (Å²) in [6.45, 7) is 1.58. The second kappa shape index (κ2) is 10.4. The van der Waals surface area contributed by atoms with Crippen LogP contribution in [0.4, 0.5) is 9.18 Å². The highest BCUT2D eigenvalue weighted by atomic mass is 19.1. The topological polar surface area (TPSA) is 38.8 Å². The van der Waals surface area contributed by atoms with Gasteiger partial charge in [-0.05, 0) is 52.4 Å². The fourth-order valence-electron chi connectivity index (χ4n) is 4.37. The van der Waals surface area contributed by atoms with Gasteiger partial charge in [0.2, 0.25) is 0 Å². The first kappa shape index (κ1) is 22.7. The van der Waals surface area contributed by atoms with Crippen molar-refractivity contribution in [2.24, 2.45) is 0 Å². The number of hydrogen-bond acceptors (Lipinski definition) is 3. The largest absolute Gasteiger partial charge is 0.488 e. The summed E-state index contributed by atoms with van der Waals surface area (Å²) in [7, 11) is 0. The zero-order valence-electron chi connectivity index (χ0n) is 19.3. The molecule has 1 amide bonds. The maximum absolute atomic E-state index is 14.4. The van der Waals surface area contributed by atoms with Gasteiger partial charge in [0, 0.05) is 18.7 Å². The van der Waals surface area contributed by atoms with Crippen LogP contribution in [0.3, 0.4) is 0 Å². The Bertz CT molecular complexity index is 1310. The molecule has 0 saturated heterocycles. The van der Waals surface area contributed by atoms with Crippen molar-refractivity contribution in [3.8, 4) is 16.9 Å². The van der Waals surface area contributed by atoms with Gasteiger partial charge in [-0.15, -0.1) is 0 Å². The van der Waals surface area contributed by atoms with E-state index in [2.05, 4.69) is 6.07 Å². The number of ether oxygens (including phenoxy) is 2. The molecule has 0 N–H and O–H groups in total. The first-order chi connectivity index (χ1) is 17.2. The average molecular weight is 468 g/mol. The van der Waals surface area contributed by atoms with E-state index in [4.69, 9.17) is 9.47 Å². The molecule has 0 spiro atoms. The number of fused-ring (bicyclic) bond motifs is 1. The van der Waals surface area contributed by atoms with Crippen LogP contribution in [0.5, 0.6) is 5.75 Å². The molecule has 0 unspecified atom stereocenters. The quantitative estimate of drug-likeness (QED) is 0.314. The highest BCUT2D eigenvalue weighted by Gasteiger charge is 2.25. The molecule has 0 bridgehead atoms. The molecule has 176 valence electrons. The van der Waals surface area contributed by atoms with E-state index >= 15 is 0 Å². The molecule has 4 aromatic rings. The predicted molar refractivity (Wildman–Crippen MR) is 133 cm³/mol. The highest BCUT2D eigenvalue weighted by molar-refractivity contribution is 5.76. The van der Waals surface area contributed by atoms with Gasteiger partial charge in [0.05, 0.1) is 0 Å². The lowest BCUT2D eigenvalue weighted by atomic mass is 9.91. The first-order valence-electron chi connectivity index (χ1n) is 11.7. The van der Waals surface area contributed by atoms with Crippen LogP contribution in [0.2, 0.25) is 0 Å². The molecule has 4 nitrogen and oxygen atoms in total. The molecule has 5 rings (SSSR count). The Balaban J connectivity index is 1.38. The molecule has 0 saturated carbocycles. The SMILES string of the molecule is O=C(OCc1ccccc1)N1CCc2cccc(-c3cc(F)ccc3OCc3ccccc3)c2C1. The zero-order valence-corrected chi connectivity index (χ0v) is 19.3. The highest BCUT2D eigenvalue weighted by Crippen LogP contribution is 2.37. The predicted octanol–water partition coefficient (Wildman–Crippen LogP) is 6.77. The molecule has 5 heteroatoms. The Morgan fingerprint density at radius 2 is 1.51 bits per heavy atom. The number of amides is 1. The molecule has 0 aliphatic carbocycles. The van der Waals surface area contributed by atoms with Crippen LogP contribution < -0.4 is 4.74 Å². The summed E-state index contributed by atoms with van der Waals surface area (Å²) < 4.78 is 26.0. The summed E-state index contributed by atoms with van der Waals surface area (Å²) in [4.78, 5) is 14.5. The van der Waals surface area contributed by atoms with Crippen molar-refractivity contribution in [3.63, 3.8) is 0 Å². The molecular weight excluding hydrogens is 441 g/mol. The third kappa shape index (κ3) is 5.35. The van der Waals surface area contributed by atoms with Gasteiger partial charge >= 0.3 is 6.09 Å². The summed E-state index contributed by atoms with van der Waals surface area (Å²) in [6.07, 6.45) is 0.355. The van der Waals surface area contributed by atoms with Crippen LogP contribution in [0.25, 0.3) is 11.1 Å². The van der Waals surface area contributed by atoms with Crippen LogP contribution in [0.15, 0.2) is 97.1 Å². The monoisotopic (exact) mass is 467 g/mol. The number of carbonyl (C=O) groups is 1. The lowest BCUT2D eigenvalue weighted by molar-refractivity contribution is 0.0919. The number of rotatable bonds is 6. The summed E-state index contributed by atoms with van der Waals surface area (Å²) in [5.74, 6) is 0.270. The molecule has 1 aliphatic rings. The average Bonchev–Trinajstić information content (AvgIpc) is 2.91. The molecule has 0 fully saturated rings. The molecule has 1 aliphatic heterocycles. The van der Waals surface area contributed by atoms with Crippen LogP contribution in [-0.2, 0) is 30.9 Å². The Morgan fingerprint density at radius 3 is 2.26 bits per heavy atom. The van der Waals surface area contributed by atoms with Crippen molar-refractivity contribution in [2.45, 2.75) is 26.2 Å². The van der Waals surface area contributed by atoms with E-state index in [0.29, 0.717) is 37.4 Å². The summed E-state index contributed by atoms with van der Waals surface area (Å²) >= 11 is 0. The van der Waals surface area contributed by atoms with Gasteiger partial charge < -0.3 is 14.4 Å². The zero-order chi connectivity index (χ0) is 24.0. The second-order valence-electron chi connectivity index (χ2n) is 8.57. The molecule has 0 radical (unpaired) electrons. The molecule has 0 aromatic heterocycles.